The Hall–Kier alpha value is -0.280. The number of nitrogens with one attached hydrogen (secondary N) is 1. The standard InChI is InChI=1S/C13H22N2O.ClH/c1-9(10-2-3-10)13(16)15-11-4-5-12(15)8-14-7-6-11;/h9-12,14H,2-8H2,1H3;1H. The first kappa shape index (κ1) is 13.2. The smallest absolute Gasteiger partial charge is 0.226 e. The summed E-state index contributed by atoms with van der Waals surface area (Å²) in [7, 11) is 0. The Bertz CT molecular complexity index is 279. The molecule has 1 amide bonds. The molecule has 3 nitrogen and oxygen atoms in total. The van der Waals surface area contributed by atoms with E-state index in [4.69, 9.17) is 0 Å². The first-order valence-corrected chi connectivity index (χ1v) is 6.80. The van der Waals surface area contributed by atoms with Crippen LogP contribution < -0.4 is 5.32 Å². The summed E-state index contributed by atoms with van der Waals surface area (Å²) in [5, 5.41) is 3.45. The number of amides is 1. The molecular formula is C13H23ClN2O. The minimum Gasteiger partial charge on any atom is -0.335 e. The molecule has 2 aliphatic heterocycles. The molecular weight excluding hydrogens is 236 g/mol. The minimum atomic E-state index is 0. The maximum Gasteiger partial charge on any atom is 0.226 e. The van der Waals surface area contributed by atoms with E-state index >= 15 is 0 Å². The number of hydrogen-bond donors (Lipinski definition) is 1. The molecule has 3 rings (SSSR count). The number of fused-ring (bicyclic) bond motifs is 2. The summed E-state index contributed by atoms with van der Waals surface area (Å²) in [6.07, 6.45) is 6.14. The molecule has 3 atom stereocenters. The molecule has 98 valence electrons. The van der Waals surface area contributed by atoms with E-state index in [2.05, 4.69) is 17.1 Å². The van der Waals surface area contributed by atoms with Crippen molar-refractivity contribution < 1.29 is 4.79 Å². The maximum absolute atomic E-state index is 12.5. The molecule has 17 heavy (non-hydrogen) atoms. The number of carbonyl (C=O) groups excluding carboxylic acids is 1. The summed E-state index contributed by atoms with van der Waals surface area (Å²) in [6, 6.07) is 1.02. The Morgan fingerprint density at radius 3 is 2.59 bits per heavy atom. The molecule has 0 aromatic heterocycles. The zero-order valence-electron chi connectivity index (χ0n) is 10.5. The molecule has 3 aliphatic rings. The molecule has 3 fully saturated rings. The van der Waals surface area contributed by atoms with Gasteiger partial charge in [-0.2, -0.15) is 0 Å². The highest BCUT2D eigenvalue weighted by atomic mass is 35.5. The van der Waals surface area contributed by atoms with Gasteiger partial charge in [0.1, 0.15) is 0 Å². The predicted octanol–water partition coefficient (Wildman–Crippen LogP) is 1.81. The van der Waals surface area contributed by atoms with Crippen molar-refractivity contribution in [3.8, 4) is 0 Å². The second kappa shape index (κ2) is 5.15. The molecule has 1 N–H and O–H groups in total. The van der Waals surface area contributed by atoms with Gasteiger partial charge in [0.15, 0.2) is 0 Å². The molecule has 2 bridgehead atoms. The molecule has 0 aromatic carbocycles. The molecule has 2 saturated heterocycles. The first-order valence-electron chi connectivity index (χ1n) is 6.80. The minimum absolute atomic E-state index is 0. The lowest BCUT2D eigenvalue weighted by molar-refractivity contribution is -0.138. The number of nitrogens with zero attached hydrogens (tertiary/aromatic N) is 1. The third-order valence-electron chi connectivity index (χ3n) is 4.63. The van der Waals surface area contributed by atoms with Gasteiger partial charge < -0.3 is 10.2 Å². The van der Waals surface area contributed by atoms with Crippen LogP contribution in [0.3, 0.4) is 0 Å². The molecule has 2 heterocycles. The van der Waals surface area contributed by atoms with Crippen LogP contribution in [-0.4, -0.2) is 36.0 Å². The lowest BCUT2D eigenvalue weighted by atomic mass is 10.0. The Morgan fingerprint density at radius 1 is 1.18 bits per heavy atom. The Balaban J connectivity index is 0.00000108. The van der Waals surface area contributed by atoms with E-state index in [1.807, 2.05) is 0 Å². The van der Waals surface area contributed by atoms with Crippen LogP contribution in [0.15, 0.2) is 0 Å². The molecule has 4 heteroatoms. The zero-order chi connectivity index (χ0) is 11.1. The topological polar surface area (TPSA) is 32.3 Å². The van der Waals surface area contributed by atoms with Crippen LogP contribution in [0.25, 0.3) is 0 Å². The number of halogens is 1. The van der Waals surface area contributed by atoms with Gasteiger partial charge in [0.2, 0.25) is 5.91 Å². The molecule has 1 aliphatic carbocycles. The highest BCUT2D eigenvalue weighted by Gasteiger charge is 2.42. The largest absolute Gasteiger partial charge is 0.335 e. The van der Waals surface area contributed by atoms with Crippen LogP contribution in [0.1, 0.15) is 39.0 Å². The Labute approximate surface area is 110 Å². The SMILES string of the molecule is CC(C(=O)N1C2CCNCC1CC2)C1CC1.Cl. The van der Waals surface area contributed by atoms with E-state index in [0.29, 0.717) is 23.9 Å². The predicted molar refractivity (Wildman–Crippen MR) is 70.3 cm³/mol. The van der Waals surface area contributed by atoms with Gasteiger partial charge >= 0.3 is 0 Å². The van der Waals surface area contributed by atoms with E-state index in [1.54, 1.807) is 0 Å². The second-order valence-corrected chi connectivity index (χ2v) is 5.75. The quantitative estimate of drug-likeness (QED) is 0.819. The van der Waals surface area contributed by atoms with Crippen LogP contribution in [0.2, 0.25) is 0 Å². The number of hydrogen-bond acceptors (Lipinski definition) is 2. The van der Waals surface area contributed by atoms with E-state index < -0.39 is 0 Å². The van der Waals surface area contributed by atoms with Gasteiger partial charge in [0, 0.05) is 24.5 Å². The van der Waals surface area contributed by atoms with Crippen LogP contribution >= 0.6 is 12.4 Å². The van der Waals surface area contributed by atoms with Gasteiger partial charge in [-0.1, -0.05) is 6.92 Å². The summed E-state index contributed by atoms with van der Waals surface area (Å²) in [6.45, 7) is 4.24. The third-order valence-corrected chi connectivity index (χ3v) is 4.63. The normalized spacial score (nSPS) is 33.8. The fourth-order valence-corrected chi connectivity index (χ4v) is 3.38. The van der Waals surface area contributed by atoms with Crippen molar-refractivity contribution in [2.45, 2.75) is 51.1 Å². The average molecular weight is 259 g/mol. The molecule has 0 radical (unpaired) electrons. The highest BCUT2D eigenvalue weighted by molar-refractivity contribution is 5.85. The molecule has 3 unspecified atom stereocenters. The lowest BCUT2D eigenvalue weighted by Crippen LogP contribution is -2.45. The maximum atomic E-state index is 12.5. The molecule has 0 aromatic rings. The van der Waals surface area contributed by atoms with Crippen molar-refractivity contribution in [3.05, 3.63) is 0 Å². The third kappa shape index (κ3) is 2.45. The van der Waals surface area contributed by atoms with Crippen molar-refractivity contribution in [1.82, 2.24) is 10.2 Å². The summed E-state index contributed by atoms with van der Waals surface area (Å²) in [4.78, 5) is 14.7. The first-order chi connectivity index (χ1) is 7.77. The van der Waals surface area contributed by atoms with Crippen molar-refractivity contribution in [2.24, 2.45) is 11.8 Å². The van der Waals surface area contributed by atoms with E-state index in [1.165, 1.54) is 25.7 Å². The zero-order valence-corrected chi connectivity index (χ0v) is 11.3. The fraction of sp³-hybridized carbons (Fsp3) is 0.923. The molecule has 1 saturated carbocycles. The van der Waals surface area contributed by atoms with Gasteiger partial charge in [-0.3, -0.25) is 4.79 Å². The van der Waals surface area contributed by atoms with Crippen molar-refractivity contribution >= 4 is 18.3 Å². The van der Waals surface area contributed by atoms with Crippen molar-refractivity contribution in [2.75, 3.05) is 13.1 Å². The highest BCUT2D eigenvalue weighted by Crippen LogP contribution is 2.39. The van der Waals surface area contributed by atoms with Crippen LogP contribution in [0.4, 0.5) is 0 Å². The monoisotopic (exact) mass is 258 g/mol. The Morgan fingerprint density at radius 2 is 1.88 bits per heavy atom. The van der Waals surface area contributed by atoms with E-state index in [-0.39, 0.29) is 18.3 Å². The van der Waals surface area contributed by atoms with Crippen molar-refractivity contribution in [1.29, 1.82) is 0 Å². The van der Waals surface area contributed by atoms with Gasteiger partial charge in [-0.15, -0.1) is 12.4 Å². The van der Waals surface area contributed by atoms with Crippen LogP contribution in [0, 0.1) is 11.8 Å². The average Bonchev–Trinajstić information content (AvgIpc) is 3.03. The summed E-state index contributed by atoms with van der Waals surface area (Å²) in [5.74, 6) is 1.42. The van der Waals surface area contributed by atoms with E-state index in [0.717, 1.165) is 19.5 Å². The lowest BCUT2D eigenvalue weighted by Gasteiger charge is -2.30. The second-order valence-electron chi connectivity index (χ2n) is 5.75. The van der Waals surface area contributed by atoms with Gasteiger partial charge in [0.25, 0.3) is 0 Å². The Kier molecular flexibility index (Phi) is 3.99. The summed E-state index contributed by atoms with van der Waals surface area (Å²) >= 11 is 0. The van der Waals surface area contributed by atoms with Gasteiger partial charge in [-0.05, 0) is 44.6 Å². The number of rotatable bonds is 2. The number of carbonyl (C=O) groups is 1. The molecule has 0 spiro atoms. The fourth-order valence-electron chi connectivity index (χ4n) is 3.38. The van der Waals surface area contributed by atoms with Gasteiger partial charge in [-0.25, -0.2) is 0 Å². The van der Waals surface area contributed by atoms with Gasteiger partial charge in [0.05, 0.1) is 0 Å². The van der Waals surface area contributed by atoms with Crippen molar-refractivity contribution in [3.63, 3.8) is 0 Å². The van der Waals surface area contributed by atoms with E-state index in [9.17, 15) is 4.79 Å². The summed E-state index contributed by atoms with van der Waals surface area (Å²) in [5.41, 5.74) is 0. The van der Waals surface area contributed by atoms with Crippen LogP contribution in [-0.2, 0) is 4.79 Å². The van der Waals surface area contributed by atoms with Crippen LogP contribution in [0.5, 0.6) is 0 Å². The summed E-state index contributed by atoms with van der Waals surface area (Å²) < 4.78 is 0.